The molecule has 1 aromatic carbocycles. The Labute approximate surface area is 120 Å². The van der Waals surface area contributed by atoms with Gasteiger partial charge in [-0.05, 0) is 61.6 Å². The fourth-order valence-electron chi connectivity index (χ4n) is 2.03. The molecule has 0 aromatic heterocycles. The molecule has 18 heavy (non-hydrogen) atoms. The van der Waals surface area contributed by atoms with Gasteiger partial charge in [-0.2, -0.15) is 0 Å². The SMILES string of the molecule is CC1C(=O)NC(C)(C)C(=O)N1c1cccc(I)c1. The monoisotopic (exact) mass is 358 g/mol. The van der Waals surface area contributed by atoms with E-state index in [4.69, 9.17) is 0 Å². The van der Waals surface area contributed by atoms with Crippen molar-refractivity contribution in [3.63, 3.8) is 0 Å². The molecule has 5 heteroatoms. The van der Waals surface area contributed by atoms with Crippen LogP contribution in [0.2, 0.25) is 0 Å². The van der Waals surface area contributed by atoms with Gasteiger partial charge in [0.15, 0.2) is 0 Å². The van der Waals surface area contributed by atoms with Crippen LogP contribution in [-0.2, 0) is 9.59 Å². The summed E-state index contributed by atoms with van der Waals surface area (Å²) in [6.07, 6.45) is 0. The van der Waals surface area contributed by atoms with Gasteiger partial charge in [0.1, 0.15) is 11.6 Å². The van der Waals surface area contributed by atoms with Gasteiger partial charge in [0.25, 0.3) is 5.91 Å². The molecule has 1 saturated heterocycles. The van der Waals surface area contributed by atoms with E-state index in [2.05, 4.69) is 27.9 Å². The zero-order valence-electron chi connectivity index (χ0n) is 10.5. The number of nitrogens with one attached hydrogen (secondary N) is 1. The number of carbonyl (C=O) groups excluding carboxylic acids is 2. The molecule has 1 heterocycles. The highest BCUT2D eigenvalue weighted by atomic mass is 127. The Morgan fingerprint density at radius 2 is 2.00 bits per heavy atom. The summed E-state index contributed by atoms with van der Waals surface area (Å²) in [5, 5.41) is 2.74. The van der Waals surface area contributed by atoms with Crippen molar-refractivity contribution in [1.29, 1.82) is 0 Å². The third kappa shape index (κ3) is 2.23. The van der Waals surface area contributed by atoms with E-state index in [1.807, 2.05) is 24.3 Å². The van der Waals surface area contributed by atoms with Crippen molar-refractivity contribution in [3.05, 3.63) is 27.8 Å². The molecule has 0 spiro atoms. The highest BCUT2D eigenvalue weighted by Gasteiger charge is 2.43. The quantitative estimate of drug-likeness (QED) is 0.780. The van der Waals surface area contributed by atoms with Gasteiger partial charge in [0, 0.05) is 9.26 Å². The molecular formula is C13H15IN2O2. The number of carbonyl (C=O) groups is 2. The molecule has 1 N–H and O–H groups in total. The van der Waals surface area contributed by atoms with Crippen LogP contribution in [0.3, 0.4) is 0 Å². The largest absolute Gasteiger partial charge is 0.340 e. The van der Waals surface area contributed by atoms with Gasteiger partial charge in [-0.15, -0.1) is 0 Å². The van der Waals surface area contributed by atoms with Crippen LogP contribution in [0, 0.1) is 3.57 Å². The van der Waals surface area contributed by atoms with Crippen molar-refractivity contribution in [1.82, 2.24) is 5.32 Å². The fraction of sp³-hybridized carbons (Fsp3) is 0.385. The molecule has 4 nitrogen and oxygen atoms in total. The predicted molar refractivity (Wildman–Crippen MR) is 78.3 cm³/mol. The Bertz CT molecular complexity index is 513. The van der Waals surface area contributed by atoms with Crippen LogP contribution in [0.5, 0.6) is 0 Å². The number of piperazine rings is 1. The molecule has 1 aromatic rings. The molecule has 96 valence electrons. The number of hydrogen-bond acceptors (Lipinski definition) is 2. The van der Waals surface area contributed by atoms with Crippen molar-refractivity contribution in [3.8, 4) is 0 Å². The maximum Gasteiger partial charge on any atom is 0.252 e. The molecule has 1 fully saturated rings. The zero-order valence-corrected chi connectivity index (χ0v) is 12.7. The van der Waals surface area contributed by atoms with E-state index in [-0.39, 0.29) is 11.8 Å². The molecule has 1 unspecified atom stereocenters. The van der Waals surface area contributed by atoms with E-state index < -0.39 is 11.6 Å². The van der Waals surface area contributed by atoms with E-state index >= 15 is 0 Å². The van der Waals surface area contributed by atoms with Gasteiger partial charge < -0.3 is 5.32 Å². The van der Waals surface area contributed by atoms with Crippen LogP contribution in [-0.4, -0.2) is 23.4 Å². The van der Waals surface area contributed by atoms with Crippen LogP contribution in [0.1, 0.15) is 20.8 Å². The van der Waals surface area contributed by atoms with Crippen LogP contribution < -0.4 is 10.2 Å². The lowest BCUT2D eigenvalue weighted by atomic mass is 9.97. The summed E-state index contributed by atoms with van der Waals surface area (Å²) < 4.78 is 1.04. The first-order valence-electron chi connectivity index (χ1n) is 5.74. The van der Waals surface area contributed by atoms with E-state index in [1.165, 1.54) is 0 Å². The third-order valence-corrected chi connectivity index (χ3v) is 3.71. The summed E-state index contributed by atoms with van der Waals surface area (Å²) in [6.45, 7) is 5.18. The average Bonchev–Trinajstić information content (AvgIpc) is 2.27. The molecule has 2 rings (SSSR count). The number of hydrogen-bond donors (Lipinski definition) is 1. The molecule has 2 amide bonds. The van der Waals surface area contributed by atoms with Crippen molar-refractivity contribution < 1.29 is 9.59 Å². The van der Waals surface area contributed by atoms with Gasteiger partial charge in [-0.3, -0.25) is 14.5 Å². The molecule has 0 saturated carbocycles. The molecule has 0 radical (unpaired) electrons. The van der Waals surface area contributed by atoms with Crippen molar-refractivity contribution >= 4 is 40.1 Å². The molecule has 0 aliphatic carbocycles. The standard InChI is InChI=1S/C13H15IN2O2/c1-8-11(17)15-13(2,3)12(18)16(8)10-6-4-5-9(14)7-10/h4-8H,1-3H3,(H,15,17). The first-order chi connectivity index (χ1) is 8.33. The molecule has 0 bridgehead atoms. The van der Waals surface area contributed by atoms with Crippen LogP contribution in [0.4, 0.5) is 5.69 Å². The lowest BCUT2D eigenvalue weighted by molar-refractivity contribution is -0.136. The van der Waals surface area contributed by atoms with Gasteiger partial charge in [-0.25, -0.2) is 0 Å². The van der Waals surface area contributed by atoms with Gasteiger partial charge >= 0.3 is 0 Å². The average molecular weight is 358 g/mol. The van der Waals surface area contributed by atoms with Gasteiger partial charge in [0.2, 0.25) is 5.91 Å². The fourth-order valence-corrected chi connectivity index (χ4v) is 2.55. The normalized spacial score (nSPS) is 22.9. The maximum absolute atomic E-state index is 12.4. The number of amides is 2. The smallest absolute Gasteiger partial charge is 0.252 e. The number of nitrogens with zero attached hydrogens (tertiary/aromatic N) is 1. The molecular weight excluding hydrogens is 343 g/mol. The Balaban J connectivity index is 2.46. The minimum Gasteiger partial charge on any atom is -0.340 e. The first-order valence-corrected chi connectivity index (χ1v) is 6.82. The Kier molecular flexibility index (Phi) is 3.35. The van der Waals surface area contributed by atoms with Crippen LogP contribution in [0.25, 0.3) is 0 Å². The summed E-state index contributed by atoms with van der Waals surface area (Å²) >= 11 is 2.19. The zero-order chi connectivity index (χ0) is 13.5. The van der Waals surface area contributed by atoms with Crippen LogP contribution >= 0.6 is 22.6 Å². The number of halogens is 1. The third-order valence-electron chi connectivity index (χ3n) is 3.04. The summed E-state index contributed by atoms with van der Waals surface area (Å²) in [4.78, 5) is 25.9. The highest BCUT2D eigenvalue weighted by molar-refractivity contribution is 14.1. The summed E-state index contributed by atoms with van der Waals surface area (Å²) in [5.41, 5.74) is -0.0902. The van der Waals surface area contributed by atoms with E-state index in [1.54, 1.807) is 25.7 Å². The Hall–Kier alpha value is -1.11. The second-order valence-electron chi connectivity index (χ2n) is 4.95. The van der Waals surface area contributed by atoms with Crippen molar-refractivity contribution in [2.75, 3.05) is 4.90 Å². The van der Waals surface area contributed by atoms with Crippen LogP contribution in [0.15, 0.2) is 24.3 Å². The van der Waals surface area contributed by atoms with Crippen molar-refractivity contribution in [2.24, 2.45) is 0 Å². The first kappa shape index (κ1) is 13.3. The van der Waals surface area contributed by atoms with Crippen molar-refractivity contribution in [2.45, 2.75) is 32.4 Å². The number of rotatable bonds is 1. The topological polar surface area (TPSA) is 49.4 Å². The maximum atomic E-state index is 12.4. The lowest BCUT2D eigenvalue weighted by Crippen LogP contribution is -2.67. The molecule has 1 aliphatic heterocycles. The number of anilines is 1. The summed E-state index contributed by atoms with van der Waals surface area (Å²) in [6, 6.07) is 7.11. The second kappa shape index (κ2) is 4.53. The van der Waals surface area contributed by atoms with Gasteiger partial charge in [-0.1, -0.05) is 6.07 Å². The molecule has 1 atom stereocenters. The predicted octanol–water partition coefficient (Wildman–Crippen LogP) is 1.92. The highest BCUT2D eigenvalue weighted by Crippen LogP contribution is 2.26. The Morgan fingerprint density at radius 1 is 1.33 bits per heavy atom. The minimum absolute atomic E-state index is 0.0865. The van der Waals surface area contributed by atoms with E-state index in [9.17, 15) is 9.59 Å². The second-order valence-corrected chi connectivity index (χ2v) is 6.19. The molecule has 1 aliphatic rings. The summed E-state index contributed by atoms with van der Waals surface area (Å²) in [5.74, 6) is -0.213. The van der Waals surface area contributed by atoms with Gasteiger partial charge in [0.05, 0.1) is 0 Å². The minimum atomic E-state index is -0.856. The van der Waals surface area contributed by atoms with E-state index in [0.717, 1.165) is 9.26 Å². The van der Waals surface area contributed by atoms with E-state index in [0.29, 0.717) is 0 Å². The Morgan fingerprint density at radius 3 is 2.61 bits per heavy atom. The number of benzene rings is 1. The lowest BCUT2D eigenvalue weighted by Gasteiger charge is -2.41. The summed E-state index contributed by atoms with van der Waals surface area (Å²) in [7, 11) is 0.